The number of pyridine rings is 4. The van der Waals surface area contributed by atoms with Crippen molar-refractivity contribution in [1.82, 2.24) is 19.9 Å². The summed E-state index contributed by atoms with van der Waals surface area (Å²) in [6, 6.07) is 93.0. The molecule has 0 unspecified atom stereocenters. The van der Waals surface area contributed by atoms with Crippen LogP contribution in [0.5, 0.6) is 46.0 Å². The Hall–Kier alpha value is -16.3. The number of nitrogens with one attached hydrogen (secondary N) is 4. The fourth-order valence-electron chi connectivity index (χ4n) is 15.1. The zero-order valence-corrected chi connectivity index (χ0v) is 68.1. The van der Waals surface area contributed by atoms with Crippen molar-refractivity contribution in [3.63, 3.8) is 0 Å². The first-order valence-electron chi connectivity index (χ1n) is 40.3. The highest BCUT2D eigenvalue weighted by molar-refractivity contribution is 6.14. The minimum Gasteiger partial charge on any atom is -0.488 e. The van der Waals surface area contributed by atoms with Crippen molar-refractivity contribution in [3.8, 4) is 137 Å². The van der Waals surface area contributed by atoms with Gasteiger partial charge in [0.05, 0.1) is 22.8 Å². The van der Waals surface area contributed by atoms with Gasteiger partial charge in [0, 0.05) is 72.2 Å². The Balaban J connectivity index is 0.866. The van der Waals surface area contributed by atoms with Crippen LogP contribution in [-0.2, 0) is 45.6 Å². The number of benzene rings is 12. The summed E-state index contributed by atoms with van der Waals surface area (Å²) in [5, 5.41) is 17.3. The fraction of sp³-hybridized carbons (Fsp3) is 0.115. The van der Waals surface area contributed by atoms with E-state index in [4.69, 9.17) is 57.8 Å². The predicted molar refractivity (Wildman–Crippen MR) is 485 cm³/mol. The van der Waals surface area contributed by atoms with Crippen LogP contribution in [0, 0.1) is 23.7 Å². The lowest BCUT2D eigenvalue weighted by atomic mass is 9.90. The summed E-state index contributed by atoms with van der Waals surface area (Å²) >= 11 is 0. The molecule has 5 heterocycles. The first kappa shape index (κ1) is 80.1. The van der Waals surface area contributed by atoms with Gasteiger partial charge in [-0.1, -0.05) is 194 Å². The van der Waals surface area contributed by atoms with Gasteiger partial charge in [0.15, 0.2) is 0 Å². The average molecular weight is 1630 g/mol. The molecule has 20 heteroatoms. The van der Waals surface area contributed by atoms with Crippen molar-refractivity contribution in [3.05, 3.63) is 313 Å². The second-order valence-electron chi connectivity index (χ2n) is 29.3. The first-order valence-corrected chi connectivity index (χ1v) is 40.3. The van der Waals surface area contributed by atoms with Gasteiger partial charge in [0.1, 0.15) is 122 Å². The van der Waals surface area contributed by atoms with Crippen LogP contribution < -0.4 is 59.2 Å². The van der Waals surface area contributed by atoms with E-state index < -0.39 is 0 Å². The summed E-state index contributed by atoms with van der Waals surface area (Å²) in [5.41, 5.74) is 10.9. The second-order valence-corrected chi connectivity index (χ2v) is 29.3. The van der Waals surface area contributed by atoms with Crippen LogP contribution in [0.3, 0.4) is 0 Å². The van der Waals surface area contributed by atoms with Crippen LogP contribution in [0.15, 0.2) is 291 Å². The van der Waals surface area contributed by atoms with Gasteiger partial charge in [-0.2, -0.15) is 0 Å². The summed E-state index contributed by atoms with van der Waals surface area (Å²) in [6.45, 7) is 5.95. The van der Waals surface area contributed by atoms with E-state index in [1.807, 2.05) is 267 Å². The molecule has 4 amide bonds. The Morgan fingerprint density at radius 2 is 0.492 bits per heavy atom. The van der Waals surface area contributed by atoms with Crippen molar-refractivity contribution in [2.45, 2.75) is 54.1 Å². The van der Waals surface area contributed by atoms with Gasteiger partial charge in [0.2, 0.25) is 23.6 Å². The molecule has 1 aliphatic heterocycles. The number of carbonyl (C=O) groups excluding carboxylic acids is 4. The number of hydrogen-bond acceptors (Lipinski definition) is 16. The number of amides is 4. The molecule has 124 heavy (non-hydrogen) atoms. The van der Waals surface area contributed by atoms with Crippen molar-refractivity contribution in [2.75, 3.05) is 47.7 Å². The SMILES string of the molecule is CC(=O)Nc1cccc(-c2cc3ccc4c(c3cc2OCc2ccccc2)-c2c(ccc3cc(-c5cccc(NC(C)=O)n5)c(OCc5ccccc5)cc23)OCC#CCOc2ccc3cc(-c5cccc(NC(C)=O)n5)c(OCc5ccccc5)cc3c2-c2c(ccc3cc(-c5cccc(NC(C)=O)n5)c(OCc5ccccc5)cc23)OCC#CCO4)n1. The third-order valence-corrected chi connectivity index (χ3v) is 20.5. The highest BCUT2D eigenvalue weighted by Gasteiger charge is 2.28. The summed E-state index contributed by atoms with van der Waals surface area (Å²) in [6.07, 6.45) is 0. The maximum Gasteiger partial charge on any atom is 0.222 e. The fourth-order valence-corrected chi connectivity index (χ4v) is 15.1. The smallest absolute Gasteiger partial charge is 0.222 e. The molecule has 0 fully saturated rings. The zero-order valence-electron chi connectivity index (χ0n) is 68.1. The summed E-state index contributed by atoms with van der Waals surface area (Å²) < 4.78 is 56.3. The lowest BCUT2D eigenvalue weighted by molar-refractivity contribution is -0.115. The van der Waals surface area contributed by atoms with Crippen LogP contribution in [-0.4, -0.2) is 70.0 Å². The molecular weight excluding hydrogens is 1550 g/mol. The Labute approximate surface area is 715 Å². The van der Waals surface area contributed by atoms with Gasteiger partial charge in [-0.3, -0.25) is 19.2 Å². The minimum absolute atomic E-state index is 0.139. The molecule has 0 spiro atoms. The van der Waals surface area contributed by atoms with Gasteiger partial charge in [0.25, 0.3) is 0 Å². The molecule has 4 aromatic heterocycles. The van der Waals surface area contributed by atoms with E-state index in [9.17, 15) is 19.2 Å². The third kappa shape index (κ3) is 18.6. The molecule has 12 aromatic carbocycles. The minimum atomic E-state index is -0.272. The number of hydrogen-bond donors (Lipinski definition) is 4. The van der Waals surface area contributed by atoms with Gasteiger partial charge in [-0.15, -0.1) is 0 Å². The van der Waals surface area contributed by atoms with E-state index >= 15 is 0 Å². The lowest BCUT2D eigenvalue weighted by Crippen LogP contribution is -2.07. The quantitative estimate of drug-likeness (QED) is 0.0519. The van der Waals surface area contributed by atoms with E-state index in [2.05, 4.69) is 44.9 Å². The number of carbonyl (C=O) groups is 4. The molecule has 0 aliphatic carbocycles. The topological polar surface area (TPSA) is 242 Å². The molecule has 0 radical (unpaired) electrons. The van der Waals surface area contributed by atoms with Gasteiger partial charge < -0.3 is 59.2 Å². The Morgan fingerprint density at radius 3 is 0.702 bits per heavy atom. The van der Waals surface area contributed by atoms with Crippen LogP contribution in [0.25, 0.3) is 110 Å². The second kappa shape index (κ2) is 36.9. The first-order chi connectivity index (χ1) is 60.7. The number of rotatable bonds is 20. The molecule has 16 aromatic rings. The van der Waals surface area contributed by atoms with E-state index in [1.165, 1.54) is 27.7 Å². The van der Waals surface area contributed by atoms with E-state index in [-0.39, 0.29) is 76.5 Å². The normalized spacial score (nSPS) is 11.8. The molecule has 0 bridgehead atoms. The van der Waals surface area contributed by atoms with E-state index in [1.54, 1.807) is 24.3 Å². The predicted octanol–water partition coefficient (Wildman–Crippen LogP) is 21.3. The monoisotopic (exact) mass is 1630 g/mol. The van der Waals surface area contributed by atoms with Crippen molar-refractivity contribution in [1.29, 1.82) is 0 Å². The average Bonchev–Trinajstić information content (AvgIpc) is 0.739. The van der Waals surface area contributed by atoms with Gasteiger partial charge in [-0.05, 0) is 187 Å². The molecule has 0 atom stereocenters. The van der Waals surface area contributed by atoms with Crippen molar-refractivity contribution in [2.24, 2.45) is 0 Å². The summed E-state index contributed by atoms with van der Waals surface area (Å²) in [5.74, 6) is 17.3. The molecule has 1 aliphatic rings. The van der Waals surface area contributed by atoms with Crippen molar-refractivity contribution >= 4 is 90.0 Å². The highest BCUT2D eigenvalue weighted by Crippen LogP contribution is 2.53. The molecule has 0 saturated heterocycles. The molecule has 20 nitrogen and oxygen atoms in total. The van der Waals surface area contributed by atoms with E-state index in [0.29, 0.717) is 158 Å². The number of nitrogens with zero attached hydrogens (tertiary/aromatic N) is 4. The Morgan fingerprint density at radius 1 is 0.274 bits per heavy atom. The van der Waals surface area contributed by atoms with Crippen molar-refractivity contribution < 1.29 is 57.1 Å². The Kier molecular flexibility index (Phi) is 23.8. The lowest BCUT2D eigenvalue weighted by Gasteiger charge is -2.22. The summed E-state index contributed by atoms with van der Waals surface area (Å²) in [7, 11) is 0. The maximum absolute atomic E-state index is 12.6. The standard InChI is InChI=1S/C104H80N8O12/c1-65(113)105-97-37-21-33-85(109-97)81-53-73-41-45-89-101(77(73)57-93(81)121-61-69-25-9-5-10-26-69)102-78-58-94(122-62-70-27-11-6-12-28-70)82(86-34-22-38-98(110-86)106-66(2)114)54-74(78)42-46-90(102)118-50-19-20-52-120-92-48-44-76-56-84(88-36-24-40-100(112-88)108-68(4)116)96(124-64-72-31-15-8-16-32-72)60-80(76)104(92)103-79-59-95(123-63-71-29-13-7-14-30-71)83(87-35-23-39-99(111-87)107-67(3)115)55-75(79)43-47-91(103)119-51-18-17-49-117-89/h5-16,21-48,53-60H,49-52,61-64H2,1-4H3,(H,105,109,113)(H,106,110,114)(H,107,111,115)(H,108,112,116). The number of fused-ring (bicyclic) bond motifs is 14. The number of anilines is 4. The zero-order chi connectivity index (χ0) is 84.8. The molecule has 4 N–H and O–H groups in total. The maximum atomic E-state index is 12.6. The molecule has 0 saturated carbocycles. The van der Waals surface area contributed by atoms with E-state index in [0.717, 1.165) is 43.8 Å². The van der Waals surface area contributed by atoms with Crippen LogP contribution >= 0.6 is 0 Å². The van der Waals surface area contributed by atoms with Crippen LogP contribution in [0.1, 0.15) is 49.9 Å². The number of aromatic nitrogens is 4. The highest BCUT2D eigenvalue weighted by atomic mass is 16.5. The van der Waals surface area contributed by atoms with Crippen LogP contribution in [0.4, 0.5) is 23.3 Å². The number of ether oxygens (including phenoxy) is 8. The van der Waals surface area contributed by atoms with Gasteiger partial charge in [-0.25, -0.2) is 19.9 Å². The Bertz CT molecular complexity index is 6110. The molecule has 608 valence electrons. The molecule has 17 rings (SSSR count). The van der Waals surface area contributed by atoms with Gasteiger partial charge >= 0.3 is 0 Å². The molecular formula is C104H80N8O12. The third-order valence-electron chi connectivity index (χ3n) is 20.5. The van der Waals surface area contributed by atoms with Crippen LogP contribution in [0.2, 0.25) is 0 Å². The summed E-state index contributed by atoms with van der Waals surface area (Å²) in [4.78, 5) is 70.0. The largest absolute Gasteiger partial charge is 0.488 e.